The molecule has 4 nitrogen and oxygen atoms in total. The Hall–Kier alpha value is -1.07. The minimum absolute atomic E-state index is 0.294. The van der Waals surface area contributed by atoms with Crippen LogP contribution in [0.5, 0.6) is 0 Å². The second kappa shape index (κ2) is 5.92. The standard InChI is InChI=1S/C14H19BrN2O2/c1-9-7-11(5-6-17(9)2)16-10-3-4-12(14(18)19)13(15)8-10/h3-4,8-9,11,16H,5-7H2,1-2H3,(H,18,19). The first kappa shape index (κ1) is 14.3. The lowest BCUT2D eigenvalue weighted by atomic mass is 9.98. The molecular formula is C14H19BrN2O2. The summed E-state index contributed by atoms with van der Waals surface area (Å²) in [6.07, 6.45) is 2.22. The number of carboxylic acid groups (broad SMARTS) is 1. The van der Waals surface area contributed by atoms with Crippen molar-refractivity contribution >= 4 is 27.6 Å². The van der Waals surface area contributed by atoms with E-state index in [2.05, 4.69) is 40.1 Å². The molecule has 1 aliphatic rings. The molecule has 0 aliphatic carbocycles. The fraction of sp³-hybridized carbons (Fsp3) is 0.500. The number of rotatable bonds is 3. The Morgan fingerprint density at radius 1 is 1.53 bits per heavy atom. The topological polar surface area (TPSA) is 52.6 Å². The molecule has 1 fully saturated rings. The molecule has 0 aromatic heterocycles. The third-order valence-corrected chi connectivity index (χ3v) is 4.43. The molecule has 2 unspecified atom stereocenters. The Balaban J connectivity index is 2.04. The molecule has 0 spiro atoms. The van der Waals surface area contributed by atoms with E-state index in [1.807, 2.05) is 12.1 Å². The van der Waals surface area contributed by atoms with E-state index < -0.39 is 5.97 Å². The van der Waals surface area contributed by atoms with E-state index >= 15 is 0 Å². The largest absolute Gasteiger partial charge is 0.478 e. The number of nitrogens with one attached hydrogen (secondary N) is 1. The van der Waals surface area contributed by atoms with Crippen LogP contribution in [0.2, 0.25) is 0 Å². The van der Waals surface area contributed by atoms with Gasteiger partial charge in [-0.2, -0.15) is 0 Å². The first-order valence-corrected chi connectivity index (χ1v) is 7.26. The van der Waals surface area contributed by atoms with Crippen LogP contribution in [0.3, 0.4) is 0 Å². The van der Waals surface area contributed by atoms with E-state index in [1.165, 1.54) is 0 Å². The molecule has 0 saturated carbocycles. The third kappa shape index (κ3) is 3.48. The van der Waals surface area contributed by atoms with Gasteiger partial charge in [0.15, 0.2) is 0 Å². The maximum absolute atomic E-state index is 10.9. The average molecular weight is 327 g/mol. The summed E-state index contributed by atoms with van der Waals surface area (Å²) >= 11 is 3.30. The Morgan fingerprint density at radius 2 is 2.26 bits per heavy atom. The van der Waals surface area contributed by atoms with Gasteiger partial charge in [0.25, 0.3) is 0 Å². The summed E-state index contributed by atoms with van der Waals surface area (Å²) < 4.78 is 0.617. The van der Waals surface area contributed by atoms with Crippen molar-refractivity contribution in [1.29, 1.82) is 0 Å². The van der Waals surface area contributed by atoms with Crippen LogP contribution in [0, 0.1) is 0 Å². The third-order valence-electron chi connectivity index (χ3n) is 3.78. The summed E-state index contributed by atoms with van der Waals surface area (Å²) in [6.45, 7) is 3.32. The van der Waals surface area contributed by atoms with Crippen molar-refractivity contribution in [2.75, 3.05) is 18.9 Å². The summed E-state index contributed by atoms with van der Waals surface area (Å²) in [5.41, 5.74) is 1.26. The summed E-state index contributed by atoms with van der Waals surface area (Å²) in [6, 6.07) is 6.33. The van der Waals surface area contributed by atoms with Crippen molar-refractivity contribution in [3.8, 4) is 0 Å². The number of piperidine rings is 1. The zero-order valence-corrected chi connectivity index (χ0v) is 12.8. The smallest absolute Gasteiger partial charge is 0.336 e. The average Bonchev–Trinajstić information content (AvgIpc) is 2.33. The zero-order valence-electron chi connectivity index (χ0n) is 11.2. The SMILES string of the molecule is CC1CC(Nc2ccc(C(=O)O)c(Br)c2)CCN1C. The fourth-order valence-corrected chi connectivity index (χ4v) is 2.98. The summed E-state index contributed by atoms with van der Waals surface area (Å²) in [7, 11) is 2.15. The van der Waals surface area contributed by atoms with Gasteiger partial charge in [0.1, 0.15) is 0 Å². The molecule has 1 aliphatic heterocycles. The molecule has 19 heavy (non-hydrogen) atoms. The molecule has 1 aromatic rings. The molecule has 104 valence electrons. The van der Waals surface area contributed by atoms with Crippen LogP contribution in [-0.4, -0.2) is 41.7 Å². The molecule has 1 saturated heterocycles. The Kier molecular flexibility index (Phi) is 4.47. The molecule has 1 aromatic carbocycles. The number of hydrogen-bond acceptors (Lipinski definition) is 3. The highest BCUT2D eigenvalue weighted by Crippen LogP contribution is 2.24. The van der Waals surface area contributed by atoms with Crippen LogP contribution in [0.15, 0.2) is 22.7 Å². The van der Waals surface area contributed by atoms with Gasteiger partial charge in [-0.25, -0.2) is 4.79 Å². The predicted molar refractivity (Wildman–Crippen MR) is 79.8 cm³/mol. The van der Waals surface area contributed by atoms with E-state index in [-0.39, 0.29) is 0 Å². The molecule has 0 amide bonds. The Bertz CT molecular complexity index is 479. The van der Waals surface area contributed by atoms with Gasteiger partial charge >= 0.3 is 5.97 Å². The van der Waals surface area contributed by atoms with Crippen molar-refractivity contribution in [2.45, 2.75) is 31.8 Å². The van der Waals surface area contributed by atoms with E-state index in [9.17, 15) is 4.79 Å². The molecule has 2 rings (SSSR count). The van der Waals surface area contributed by atoms with Crippen molar-refractivity contribution < 1.29 is 9.90 Å². The van der Waals surface area contributed by atoms with Gasteiger partial charge in [0.05, 0.1) is 5.56 Å². The fourth-order valence-electron chi connectivity index (χ4n) is 2.43. The van der Waals surface area contributed by atoms with E-state index in [1.54, 1.807) is 6.07 Å². The number of halogens is 1. The van der Waals surface area contributed by atoms with Crippen LogP contribution in [0.1, 0.15) is 30.1 Å². The number of likely N-dealkylation sites (tertiary alicyclic amines) is 1. The van der Waals surface area contributed by atoms with Gasteiger partial charge in [-0.15, -0.1) is 0 Å². The van der Waals surface area contributed by atoms with Gasteiger partial charge < -0.3 is 15.3 Å². The van der Waals surface area contributed by atoms with Gasteiger partial charge in [0, 0.05) is 28.8 Å². The van der Waals surface area contributed by atoms with Gasteiger partial charge in [-0.1, -0.05) is 0 Å². The van der Waals surface area contributed by atoms with Crippen molar-refractivity contribution in [1.82, 2.24) is 4.90 Å². The van der Waals surface area contributed by atoms with Crippen molar-refractivity contribution in [3.05, 3.63) is 28.2 Å². The molecule has 1 heterocycles. The first-order chi connectivity index (χ1) is 8.97. The minimum atomic E-state index is -0.911. The monoisotopic (exact) mass is 326 g/mol. The maximum Gasteiger partial charge on any atom is 0.336 e. The number of hydrogen-bond donors (Lipinski definition) is 2. The number of benzene rings is 1. The van der Waals surface area contributed by atoms with Crippen molar-refractivity contribution in [2.24, 2.45) is 0 Å². The van der Waals surface area contributed by atoms with Crippen molar-refractivity contribution in [3.63, 3.8) is 0 Å². The van der Waals surface area contributed by atoms with E-state index in [0.717, 1.165) is 25.1 Å². The van der Waals surface area contributed by atoms with Gasteiger partial charge in [-0.05, 0) is 60.9 Å². The number of nitrogens with zero attached hydrogens (tertiary/aromatic N) is 1. The maximum atomic E-state index is 10.9. The van der Waals surface area contributed by atoms with Gasteiger partial charge in [0.2, 0.25) is 0 Å². The van der Waals surface area contributed by atoms with Crippen LogP contribution in [0.25, 0.3) is 0 Å². The lowest BCUT2D eigenvalue weighted by molar-refractivity contribution is 0.0696. The van der Waals surface area contributed by atoms with Crippen LogP contribution in [-0.2, 0) is 0 Å². The van der Waals surface area contributed by atoms with E-state index in [0.29, 0.717) is 22.1 Å². The quantitative estimate of drug-likeness (QED) is 0.896. The van der Waals surface area contributed by atoms with Crippen LogP contribution in [0.4, 0.5) is 5.69 Å². The van der Waals surface area contributed by atoms with Crippen LogP contribution < -0.4 is 5.32 Å². The number of aromatic carboxylic acids is 1. The molecule has 0 bridgehead atoms. The summed E-state index contributed by atoms with van der Waals surface area (Å²) in [5, 5.41) is 12.5. The minimum Gasteiger partial charge on any atom is -0.478 e. The number of carbonyl (C=O) groups is 1. The second-order valence-electron chi connectivity index (χ2n) is 5.20. The lowest BCUT2D eigenvalue weighted by Gasteiger charge is -2.35. The second-order valence-corrected chi connectivity index (χ2v) is 6.05. The molecule has 2 atom stereocenters. The number of anilines is 1. The first-order valence-electron chi connectivity index (χ1n) is 6.47. The van der Waals surface area contributed by atoms with Gasteiger partial charge in [-0.3, -0.25) is 0 Å². The summed E-state index contributed by atoms with van der Waals surface area (Å²) in [5.74, 6) is -0.911. The molecule has 2 N–H and O–H groups in total. The molecule has 0 radical (unpaired) electrons. The molecular weight excluding hydrogens is 308 g/mol. The Morgan fingerprint density at radius 3 is 2.84 bits per heavy atom. The zero-order chi connectivity index (χ0) is 14.0. The highest BCUT2D eigenvalue weighted by molar-refractivity contribution is 9.10. The highest BCUT2D eigenvalue weighted by Gasteiger charge is 2.22. The normalized spacial score (nSPS) is 24.2. The molecule has 5 heteroatoms. The van der Waals surface area contributed by atoms with E-state index in [4.69, 9.17) is 5.11 Å². The van der Waals surface area contributed by atoms with Crippen LogP contribution >= 0.6 is 15.9 Å². The number of carboxylic acids is 1. The highest BCUT2D eigenvalue weighted by atomic mass is 79.9. The summed E-state index contributed by atoms with van der Waals surface area (Å²) in [4.78, 5) is 13.3. The lowest BCUT2D eigenvalue weighted by Crippen LogP contribution is -2.42. The predicted octanol–water partition coefficient (Wildman–Crippen LogP) is 3.04. The Labute approximate surface area is 121 Å².